The monoisotopic (exact) mass is 424 g/mol. The van der Waals surface area contributed by atoms with Crippen LogP contribution in [0.15, 0.2) is 47.4 Å². The van der Waals surface area contributed by atoms with Crippen molar-refractivity contribution in [2.75, 3.05) is 21.3 Å². The predicted octanol–water partition coefficient (Wildman–Crippen LogP) is 1.67. The molecule has 1 N–H and O–H groups in total. The Morgan fingerprint density at radius 3 is 2.21 bits per heavy atom. The number of hydrogen-bond acceptors (Lipinski definition) is 8. The fraction of sp³-hybridized carbons (Fsp3) is 0.278. The Balaban J connectivity index is 2.28. The minimum absolute atomic E-state index is 0.0146. The van der Waals surface area contributed by atoms with Crippen LogP contribution >= 0.6 is 0 Å². The molecule has 0 bridgehead atoms. The lowest BCUT2D eigenvalue weighted by Crippen LogP contribution is -2.42. The molecule has 2 rings (SSSR count). The molecule has 2 aromatic rings. The maximum atomic E-state index is 12.6. The lowest BCUT2D eigenvalue weighted by molar-refractivity contribution is -0.384. The SMILES string of the molecule is COC(=O)[C@H](Cc1ccc(OC)c(OC)c1)NS(=O)(=O)c1ccc([N+](=O)[O-])cc1. The van der Waals surface area contributed by atoms with Crippen LogP contribution in [0.2, 0.25) is 0 Å². The van der Waals surface area contributed by atoms with Crippen molar-refractivity contribution in [1.29, 1.82) is 0 Å². The fourth-order valence-electron chi connectivity index (χ4n) is 2.56. The summed E-state index contributed by atoms with van der Waals surface area (Å²) in [7, 11) is -0.0577. The number of sulfonamides is 1. The topological polar surface area (TPSA) is 134 Å². The molecule has 0 aromatic heterocycles. The molecule has 0 aliphatic carbocycles. The Labute approximate surface area is 167 Å². The van der Waals surface area contributed by atoms with Gasteiger partial charge in [-0.25, -0.2) is 8.42 Å². The molecule has 11 heteroatoms. The van der Waals surface area contributed by atoms with E-state index < -0.39 is 27.0 Å². The van der Waals surface area contributed by atoms with E-state index in [1.165, 1.54) is 14.2 Å². The van der Waals surface area contributed by atoms with Gasteiger partial charge in [-0.1, -0.05) is 6.07 Å². The summed E-state index contributed by atoms with van der Waals surface area (Å²) in [4.78, 5) is 22.0. The quantitative estimate of drug-likeness (QED) is 0.365. The number of benzene rings is 2. The van der Waals surface area contributed by atoms with Crippen molar-refractivity contribution in [3.05, 3.63) is 58.1 Å². The second-order valence-electron chi connectivity index (χ2n) is 5.84. The van der Waals surface area contributed by atoms with Crippen molar-refractivity contribution in [3.8, 4) is 11.5 Å². The minimum atomic E-state index is -4.14. The zero-order valence-electron chi connectivity index (χ0n) is 15.9. The molecule has 0 amide bonds. The largest absolute Gasteiger partial charge is 0.493 e. The number of methoxy groups -OCH3 is 3. The normalized spacial score (nSPS) is 12.1. The van der Waals surface area contributed by atoms with Crippen LogP contribution in [-0.2, 0) is 26.0 Å². The molecule has 0 fully saturated rings. The lowest BCUT2D eigenvalue weighted by Gasteiger charge is -2.17. The van der Waals surface area contributed by atoms with Gasteiger partial charge >= 0.3 is 5.97 Å². The van der Waals surface area contributed by atoms with E-state index in [2.05, 4.69) is 4.72 Å². The first-order chi connectivity index (χ1) is 13.7. The molecule has 0 radical (unpaired) electrons. The highest BCUT2D eigenvalue weighted by Crippen LogP contribution is 2.28. The summed E-state index contributed by atoms with van der Waals surface area (Å²) in [6.45, 7) is 0. The van der Waals surface area contributed by atoms with Crippen LogP contribution in [0.5, 0.6) is 11.5 Å². The van der Waals surface area contributed by atoms with Gasteiger partial charge in [-0.15, -0.1) is 0 Å². The van der Waals surface area contributed by atoms with Crippen molar-refractivity contribution in [3.63, 3.8) is 0 Å². The predicted molar refractivity (Wildman–Crippen MR) is 102 cm³/mol. The zero-order valence-corrected chi connectivity index (χ0v) is 16.8. The third-order valence-electron chi connectivity index (χ3n) is 4.03. The van der Waals surface area contributed by atoms with Gasteiger partial charge in [0, 0.05) is 12.1 Å². The van der Waals surface area contributed by atoms with Crippen LogP contribution < -0.4 is 14.2 Å². The summed E-state index contributed by atoms with van der Waals surface area (Å²) >= 11 is 0. The first-order valence-electron chi connectivity index (χ1n) is 8.27. The van der Waals surface area contributed by atoms with Crippen LogP contribution in [0.3, 0.4) is 0 Å². The Bertz CT molecular complexity index is 989. The van der Waals surface area contributed by atoms with Gasteiger partial charge in [0.25, 0.3) is 5.69 Å². The number of hydrogen-bond donors (Lipinski definition) is 1. The van der Waals surface area contributed by atoms with E-state index in [0.717, 1.165) is 31.4 Å². The summed E-state index contributed by atoms with van der Waals surface area (Å²) in [6, 6.07) is 8.00. The number of ether oxygens (including phenoxy) is 3. The summed E-state index contributed by atoms with van der Waals surface area (Å²) in [5, 5.41) is 10.7. The standard InChI is InChI=1S/C18H20N2O8S/c1-26-16-9-4-12(11-17(16)27-2)10-15(18(21)28-3)19-29(24,25)14-7-5-13(6-8-14)20(22)23/h4-9,11,15,19H,10H2,1-3H3/t15-/m0/s1. The fourth-order valence-corrected chi connectivity index (χ4v) is 3.75. The zero-order chi connectivity index (χ0) is 21.6. The number of esters is 1. The van der Waals surface area contributed by atoms with Crippen LogP contribution in [0, 0.1) is 10.1 Å². The number of nitrogens with one attached hydrogen (secondary N) is 1. The molecule has 0 saturated heterocycles. The molecule has 0 aliphatic heterocycles. The molecule has 29 heavy (non-hydrogen) atoms. The first kappa shape index (κ1) is 22.1. The van der Waals surface area contributed by atoms with E-state index in [1.807, 2.05) is 0 Å². The average Bonchev–Trinajstić information content (AvgIpc) is 2.72. The Kier molecular flexibility index (Phi) is 7.13. The van der Waals surface area contributed by atoms with Gasteiger partial charge in [0.2, 0.25) is 10.0 Å². The van der Waals surface area contributed by atoms with E-state index >= 15 is 0 Å². The molecule has 0 heterocycles. The maximum Gasteiger partial charge on any atom is 0.324 e. The number of carbonyl (C=O) groups is 1. The molecule has 2 aromatic carbocycles. The van der Waals surface area contributed by atoms with Crippen molar-refractivity contribution in [2.24, 2.45) is 0 Å². The van der Waals surface area contributed by atoms with Gasteiger partial charge in [0.1, 0.15) is 6.04 Å². The van der Waals surface area contributed by atoms with E-state index in [9.17, 15) is 23.3 Å². The maximum absolute atomic E-state index is 12.6. The second kappa shape index (κ2) is 9.34. The van der Waals surface area contributed by atoms with Crippen LogP contribution in [0.25, 0.3) is 0 Å². The Morgan fingerprint density at radius 2 is 1.69 bits per heavy atom. The third kappa shape index (κ3) is 5.42. The molecule has 10 nitrogen and oxygen atoms in total. The molecule has 0 saturated carbocycles. The van der Waals surface area contributed by atoms with E-state index in [4.69, 9.17) is 14.2 Å². The molecule has 0 aliphatic rings. The molecule has 0 unspecified atom stereocenters. The highest BCUT2D eigenvalue weighted by molar-refractivity contribution is 7.89. The molecule has 156 valence electrons. The molecular weight excluding hydrogens is 404 g/mol. The molecule has 1 atom stereocenters. The van der Waals surface area contributed by atoms with Gasteiger partial charge in [-0.3, -0.25) is 14.9 Å². The van der Waals surface area contributed by atoms with Crippen molar-refractivity contribution >= 4 is 21.7 Å². The van der Waals surface area contributed by atoms with E-state index in [0.29, 0.717) is 17.1 Å². The second-order valence-corrected chi connectivity index (χ2v) is 7.56. The lowest BCUT2D eigenvalue weighted by atomic mass is 10.1. The number of carbonyl (C=O) groups excluding carboxylic acids is 1. The summed E-state index contributed by atoms with van der Waals surface area (Å²) in [6.07, 6.45) is -0.0146. The number of nitro benzene ring substituents is 1. The number of rotatable bonds is 9. The summed E-state index contributed by atoms with van der Waals surface area (Å²) in [5.41, 5.74) is 0.350. The minimum Gasteiger partial charge on any atom is -0.493 e. The smallest absolute Gasteiger partial charge is 0.324 e. The van der Waals surface area contributed by atoms with Crippen molar-refractivity contribution < 1.29 is 32.3 Å². The van der Waals surface area contributed by atoms with Gasteiger partial charge in [-0.05, 0) is 36.2 Å². The molecular formula is C18H20N2O8S. The number of nitrogens with zero attached hydrogens (tertiary/aromatic N) is 1. The van der Waals surface area contributed by atoms with Gasteiger partial charge in [-0.2, -0.15) is 4.72 Å². The average molecular weight is 424 g/mol. The Morgan fingerprint density at radius 1 is 1.07 bits per heavy atom. The van der Waals surface area contributed by atoms with E-state index in [-0.39, 0.29) is 17.0 Å². The van der Waals surface area contributed by atoms with Gasteiger partial charge in [0.15, 0.2) is 11.5 Å². The van der Waals surface area contributed by atoms with Gasteiger partial charge in [0.05, 0.1) is 31.1 Å². The summed E-state index contributed by atoms with van der Waals surface area (Å²) < 4.78 is 42.6. The van der Waals surface area contributed by atoms with Crippen molar-refractivity contribution in [1.82, 2.24) is 4.72 Å². The highest BCUT2D eigenvalue weighted by atomic mass is 32.2. The first-order valence-corrected chi connectivity index (χ1v) is 9.75. The van der Waals surface area contributed by atoms with Crippen LogP contribution in [-0.4, -0.2) is 46.7 Å². The highest BCUT2D eigenvalue weighted by Gasteiger charge is 2.27. The summed E-state index contributed by atoms with van der Waals surface area (Å²) in [5.74, 6) is 0.120. The Hall–Kier alpha value is -3.18. The van der Waals surface area contributed by atoms with Crippen molar-refractivity contribution in [2.45, 2.75) is 17.4 Å². The van der Waals surface area contributed by atoms with Gasteiger partial charge < -0.3 is 14.2 Å². The van der Waals surface area contributed by atoms with Crippen LogP contribution in [0.1, 0.15) is 5.56 Å². The molecule has 0 spiro atoms. The third-order valence-corrected chi connectivity index (χ3v) is 5.52. The number of non-ortho nitro benzene ring substituents is 1. The number of nitro groups is 1. The van der Waals surface area contributed by atoms with E-state index in [1.54, 1.807) is 18.2 Å². The van der Waals surface area contributed by atoms with Crippen LogP contribution in [0.4, 0.5) is 5.69 Å².